The summed E-state index contributed by atoms with van der Waals surface area (Å²) in [6.07, 6.45) is 0. The molecule has 0 saturated carbocycles. The summed E-state index contributed by atoms with van der Waals surface area (Å²) in [7, 11) is 0. The smallest absolute Gasteiger partial charge is 0.0541 e. The van der Waals surface area contributed by atoms with Crippen molar-refractivity contribution >= 4 is 38.9 Å². The van der Waals surface area contributed by atoms with Gasteiger partial charge in [-0.3, -0.25) is 0 Å². The third-order valence-electron chi connectivity index (χ3n) is 10.1. The number of hydrogen-bond donors (Lipinski definition) is 0. The van der Waals surface area contributed by atoms with E-state index in [1.807, 2.05) is 0 Å². The quantitative estimate of drug-likeness (QED) is 0.164. The first-order valence-electron chi connectivity index (χ1n) is 17.9. The topological polar surface area (TPSA) is 8.17 Å². The molecule has 0 N–H and O–H groups in total. The minimum atomic E-state index is 1.11. The third-order valence-corrected chi connectivity index (χ3v) is 10.1. The second kappa shape index (κ2) is 13.2. The first kappa shape index (κ1) is 31.3. The van der Waals surface area contributed by atoms with Crippen LogP contribution in [0.25, 0.3) is 60.9 Å². The second-order valence-electron chi connectivity index (χ2n) is 13.6. The Morgan fingerprint density at radius 1 is 0.327 bits per heavy atom. The molecule has 0 fully saturated rings. The van der Waals surface area contributed by atoms with Gasteiger partial charge in [-0.2, -0.15) is 0 Å². The highest BCUT2D eigenvalue weighted by Crippen LogP contribution is 2.39. The Balaban J connectivity index is 1.08. The molecule has 248 valence electrons. The highest BCUT2D eigenvalue weighted by molar-refractivity contribution is 6.09. The molecular formula is C50H38N2. The second-order valence-corrected chi connectivity index (χ2v) is 13.6. The SMILES string of the molecule is Cc1cc(C)cc(-c2cccc(N(c3ccc(-c4ccccc4)cc3)c3ccc(-c4ccc(-n5c6ccccc6c6ccccc65)cc4)cc3)c2)c1. The van der Waals surface area contributed by atoms with Crippen LogP contribution in [0.5, 0.6) is 0 Å². The van der Waals surface area contributed by atoms with Gasteiger partial charge < -0.3 is 9.47 Å². The van der Waals surface area contributed by atoms with Crippen molar-refractivity contribution in [3.05, 3.63) is 205 Å². The third kappa shape index (κ3) is 5.85. The lowest BCUT2D eigenvalue weighted by Gasteiger charge is -2.26. The number of hydrogen-bond acceptors (Lipinski definition) is 1. The minimum absolute atomic E-state index is 1.11. The molecular weight excluding hydrogens is 629 g/mol. The van der Waals surface area contributed by atoms with E-state index in [1.165, 1.54) is 66.3 Å². The normalized spacial score (nSPS) is 11.3. The fourth-order valence-corrected chi connectivity index (χ4v) is 7.65. The van der Waals surface area contributed by atoms with Gasteiger partial charge in [0.15, 0.2) is 0 Å². The number of rotatable bonds is 7. The zero-order valence-corrected chi connectivity index (χ0v) is 29.4. The monoisotopic (exact) mass is 666 g/mol. The molecule has 2 nitrogen and oxygen atoms in total. The molecule has 0 aliphatic rings. The summed E-state index contributed by atoms with van der Waals surface area (Å²) in [5, 5.41) is 2.55. The van der Waals surface area contributed by atoms with Gasteiger partial charge in [0.25, 0.3) is 0 Å². The molecule has 0 saturated heterocycles. The molecule has 0 unspecified atom stereocenters. The lowest BCUT2D eigenvalue weighted by molar-refractivity contribution is 1.18. The predicted octanol–water partition coefficient (Wildman–Crippen LogP) is 13.9. The van der Waals surface area contributed by atoms with E-state index in [2.05, 4.69) is 217 Å². The predicted molar refractivity (Wildman–Crippen MR) is 221 cm³/mol. The number of aryl methyl sites for hydroxylation is 2. The lowest BCUT2D eigenvalue weighted by Crippen LogP contribution is -2.10. The molecule has 1 aromatic heterocycles. The maximum Gasteiger partial charge on any atom is 0.0541 e. The van der Waals surface area contributed by atoms with Gasteiger partial charge in [-0.1, -0.05) is 145 Å². The molecule has 0 aliphatic heterocycles. The Bertz CT molecular complexity index is 2590. The van der Waals surface area contributed by atoms with E-state index >= 15 is 0 Å². The summed E-state index contributed by atoms with van der Waals surface area (Å²) in [6.45, 7) is 4.33. The molecule has 52 heavy (non-hydrogen) atoms. The Morgan fingerprint density at radius 2 is 0.788 bits per heavy atom. The van der Waals surface area contributed by atoms with Crippen molar-refractivity contribution in [3.63, 3.8) is 0 Å². The Hall–Kier alpha value is -6.64. The van der Waals surface area contributed by atoms with Crippen molar-refractivity contribution in [1.29, 1.82) is 0 Å². The summed E-state index contributed by atoms with van der Waals surface area (Å²) in [5.41, 5.74) is 16.7. The number of para-hydroxylation sites is 2. The van der Waals surface area contributed by atoms with Crippen LogP contribution in [0.15, 0.2) is 194 Å². The van der Waals surface area contributed by atoms with Crippen LogP contribution in [0.4, 0.5) is 17.1 Å². The largest absolute Gasteiger partial charge is 0.310 e. The van der Waals surface area contributed by atoms with Crippen molar-refractivity contribution in [3.8, 4) is 39.1 Å². The summed E-state index contributed by atoms with van der Waals surface area (Å²) >= 11 is 0. The number of fused-ring (bicyclic) bond motifs is 3. The Labute approximate surface area is 305 Å². The van der Waals surface area contributed by atoms with Gasteiger partial charge in [-0.05, 0) is 108 Å². The molecule has 0 aliphatic carbocycles. The van der Waals surface area contributed by atoms with Gasteiger partial charge in [-0.25, -0.2) is 0 Å². The fraction of sp³-hybridized carbons (Fsp3) is 0.0400. The van der Waals surface area contributed by atoms with Crippen LogP contribution in [0.2, 0.25) is 0 Å². The van der Waals surface area contributed by atoms with Crippen molar-refractivity contribution in [2.75, 3.05) is 4.90 Å². The van der Waals surface area contributed by atoms with Crippen LogP contribution in [0.3, 0.4) is 0 Å². The number of nitrogens with zero attached hydrogens (tertiary/aromatic N) is 2. The molecule has 1 heterocycles. The molecule has 9 rings (SSSR count). The van der Waals surface area contributed by atoms with E-state index in [0.717, 1.165) is 22.7 Å². The van der Waals surface area contributed by atoms with Gasteiger partial charge >= 0.3 is 0 Å². The van der Waals surface area contributed by atoms with E-state index in [4.69, 9.17) is 0 Å². The molecule has 0 atom stereocenters. The van der Waals surface area contributed by atoms with E-state index < -0.39 is 0 Å². The zero-order chi connectivity index (χ0) is 35.0. The number of benzene rings is 8. The summed E-state index contributed by atoms with van der Waals surface area (Å²) in [4.78, 5) is 2.36. The van der Waals surface area contributed by atoms with E-state index in [1.54, 1.807) is 0 Å². The Morgan fingerprint density at radius 3 is 1.35 bits per heavy atom. The average molecular weight is 667 g/mol. The highest BCUT2D eigenvalue weighted by atomic mass is 15.1. The number of anilines is 3. The maximum atomic E-state index is 2.37. The maximum absolute atomic E-state index is 2.37. The average Bonchev–Trinajstić information content (AvgIpc) is 3.53. The van der Waals surface area contributed by atoms with Gasteiger partial charge in [0.05, 0.1) is 11.0 Å². The van der Waals surface area contributed by atoms with Crippen molar-refractivity contribution in [1.82, 2.24) is 4.57 Å². The first-order valence-corrected chi connectivity index (χ1v) is 17.9. The van der Waals surface area contributed by atoms with Crippen LogP contribution in [0.1, 0.15) is 11.1 Å². The molecule has 9 aromatic rings. The summed E-state index contributed by atoms with van der Waals surface area (Å²) in [6, 6.07) is 70.4. The number of aromatic nitrogens is 1. The molecule has 0 radical (unpaired) electrons. The van der Waals surface area contributed by atoms with Crippen molar-refractivity contribution < 1.29 is 0 Å². The highest BCUT2D eigenvalue weighted by Gasteiger charge is 2.16. The van der Waals surface area contributed by atoms with Crippen LogP contribution in [-0.2, 0) is 0 Å². The lowest BCUT2D eigenvalue weighted by atomic mass is 9.99. The molecule has 2 heteroatoms. The molecule has 0 bridgehead atoms. The summed E-state index contributed by atoms with van der Waals surface area (Å²) < 4.78 is 2.37. The van der Waals surface area contributed by atoms with Crippen molar-refractivity contribution in [2.45, 2.75) is 13.8 Å². The van der Waals surface area contributed by atoms with Crippen LogP contribution < -0.4 is 4.90 Å². The van der Waals surface area contributed by atoms with Gasteiger partial charge in [-0.15, -0.1) is 0 Å². The molecule has 8 aromatic carbocycles. The van der Waals surface area contributed by atoms with E-state index in [0.29, 0.717) is 0 Å². The van der Waals surface area contributed by atoms with Gasteiger partial charge in [0.2, 0.25) is 0 Å². The van der Waals surface area contributed by atoms with Crippen LogP contribution >= 0.6 is 0 Å². The molecule has 0 amide bonds. The van der Waals surface area contributed by atoms with Crippen LogP contribution in [-0.4, -0.2) is 4.57 Å². The zero-order valence-electron chi connectivity index (χ0n) is 29.4. The fourth-order valence-electron chi connectivity index (χ4n) is 7.65. The van der Waals surface area contributed by atoms with E-state index in [9.17, 15) is 0 Å². The van der Waals surface area contributed by atoms with Crippen LogP contribution in [0, 0.1) is 13.8 Å². The minimum Gasteiger partial charge on any atom is -0.310 e. The van der Waals surface area contributed by atoms with Gasteiger partial charge in [0, 0.05) is 33.5 Å². The van der Waals surface area contributed by atoms with E-state index in [-0.39, 0.29) is 0 Å². The first-order chi connectivity index (χ1) is 25.6. The Kier molecular flexibility index (Phi) is 7.98. The van der Waals surface area contributed by atoms with Gasteiger partial charge in [0.1, 0.15) is 0 Å². The molecule has 0 spiro atoms. The summed E-state index contributed by atoms with van der Waals surface area (Å²) in [5.74, 6) is 0. The standard InChI is InChI=1S/C50H38N2/c1-35-31-36(2)33-42(32-35)41-13-10-14-46(34-41)51(43-25-19-38(20-26-43)37-11-4-3-5-12-37)44-27-21-39(22-28-44)40-23-29-45(30-24-40)52-49-17-8-6-15-47(49)48-16-7-9-18-50(48)52/h3-34H,1-2H3. The van der Waals surface area contributed by atoms with Crippen molar-refractivity contribution in [2.24, 2.45) is 0 Å².